The van der Waals surface area contributed by atoms with Crippen LogP contribution in [0.1, 0.15) is 9.67 Å². The molecule has 0 spiro atoms. The molecule has 0 aliphatic heterocycles. The van der Waals surface area contributed by atoms with Crippen molar-refractivity contribution >= 4 is 17.2 Å². The predicted molar refractivity (Wildman–Crippen MR) is 42.5 cm³/mol. The Labute approximate surface area is 67.9 Å². The summed E-state index contributed by atoms with van der Waals surface area (Å²) < 4.78 is 4.90. The molecule has 0 aliphatic carbocycles. The minimum absolute atomic E-state index is 0.322. The number of amides is 1. The van der Waals surface area contributed by atoms with Gasteiger partial charge in [-0.15, -0.1) is 11.3 Å². The zero-order valence-electron chi connectivity index (χ0n) is 5.96. The minimum atomic E-state index is -0.322. The summed E-state index contributed by atoms with van der Waals surface area (Å²) in [6.45, 7) is 0. The number of hydrogen-bond acceptors (Lipinski definition) is 4. The zero-order valence-corrected chi connectivity index (χ0v) is 6.77. The largest absolute Gasteiger partial charge is 0.495 e. The molecular weight excluding hydrogens is 164 g/mol. The number of hydrogen-bond donors (Lipinski definition) is 2. The third kappa shape index (κ3) is 1.50. The van der Waals surface area contributed by atoms with Crippen LogP contribution < -0.4 is 16.0 Å². The molecule has 4 nitrogen and oxygen atoms in total. The first-order valence-corrected chi connectivity index (χ1v) is 3.80. The number of hydrazine groups is 1. The van der Waals surface area contributed by atoms with E-state index in [4.69, 9.17) is 10.6 Å². The second-order valence-corrected chi connectivity index (χ2v) is 2.71. The Hall–Kier alpha value is -1.07. The average Bonchev–Trinajstić information content (AvgIpc) is 2.50. The fraction of sp³-hybridized carbons (Fsp3) is 0.167. The standard InChI is InChI=1S/C6H8N2O2S/c1-10-4-2-3-11-5(4)6(9)8-7/h2-3H,7H2,1H3,(H,8,9). The third-order valence-corrected chi connectivity index (χ3v) is 2.08. The average molecular weight is 172 g/mol. The molecule has 5 heteroatoms. The molecule has 0 radical (unpaired) electrons. The smallest absolute Gasteiger partial charge is 0.279 e. The Bertz CT molecular complexity index is 259. The maximum absolute atomic E-state index is 10.9. The van der Waals surface area contributed by atoms with E-state index in [2.05, 4.69) is 0 Å². The molecular formula is C6H8N2O2S. The molecule has 11 heavy (non-hydrogen) atoms. The van der Waals surface area contributed by atoms with Crippen molar-refractivity contribution in [1.82, 2.24) is 5.43 Å². The molecule has 0 atom stereocenters. The van der Waals surface area contributed by atoms with Crippen molar-refractivity contribution in [1.29, 1.82) is 0 Å². The van der Waals surface area contributed by atoms with E-state index in [0.29, 0.717) is 10.6 Å². The van der Waals surface area contributed by atoms with Crippen LogP contribution in [0.25, 0.3) is 0 Å². The summed E-state index contributed by atoms with van der Waals surface area (Å²) in [6, 6.07) is 1.72. The second-order valence-electron chi connectivity index (χ2n) is 1.79. The molecule has 60 valence electrons. The number of nitrogens with one attached hydrogen (secondary N) is 1. The van der Waals surface area contributed by atoms with Gasteiger partial charge < -0.3 is 4.74 Å². The van der Waals surface area contributed by atoms with Gasteiger partial charge in [0, 0.05) is 0 Å². The van der Waals surface area contributed by atoms with Crippen LogP contribution in [0.5, 0.6) is 5.75 Å². The van der Waals surface area contributed by atoms with Crippen molar-refractivity contribution in [2.45, 2.75) is 0 Å². The van der Waals surface area contributed by atoms with Crippen molar-refractivity contribution in [3.63, 3.8) is 0 Å². The molecule has 1 aromatic rings. The van der Waals surface area contributed by atoms with Crippen LogP contribution in [0.4, 0.5) is 0 Å². The van der Waals surface area contributed by atoms with Gasteiger partial charge in [0.15, 0.2) is 0 Å². The lowest BCUT2D eigenvalue weighted by Gasteiger charge is -1.98. The van der Waals surface area contributed by atoms with E-state index in [1.807, 2.05) is 5.43 Å². The Morgan fingerprint density at radius 3 is 3.09 bits per heavy atom. The van der Waals surface area contributed by atoms with Gasteiger partial charge in [0.2, 0.25) is 0 Å². The van der Waals surface area contributed by atoms with E-state index in [1.54, 1.807) is 11.4 Å². The highest BCUT2D eigenvalue weighted by molar-refractivity contribution is 7.12. The van der Waals surface area contributed by atoms with Crippen LogP contribution >= 0.6 is 11.3 Å². The van der Waals surface area contributed by atoms with Crippen molar-refractivity contribution in [2.24, 2.45) is 5.84 Å². The minimum Gasteiger partial charge on any atom is -0.495 e. The van der Waals surface area contributed by atoms with Crippen LogP contribution in [-0.2, 0) is 0 Å². The predicted octanol–water partition coefficient (Wildman–Crippen LogP) is 0.360. The van der Waals surface area contributed by atoms with E-state index >= 15 is 0 Å². The van der Waals surface area contributed by atoms with E-state index in [1.165, 1.54) is 18.4 Å². The van der Waals surface area contributed by atoms with Gasteiger partial charge in [0.05, 0.1) is 7.11 Å². The van der Waals surface area contributed by atoms with Crippen molar-refractivity contribution < 1.29 is 9.53 Å². The monoisotopic (exact) mass is 172 g/mol. The van der Waals surface area contributed by atoms with Crippen LogP contribution in [0.3, 0.4) is 0 Å². The summed E-state index contributed by atoms with van der Waals surface area (Å²) in [4.78, 5) is 11.4. The number of rotatable bonds is 2. The van der Waals surface area contributed by atoms with Gasteiger partial charge in [-0.25, -0.2) is 5.84 Å². The van der Waals surface area contributed by atoms with Crippen molar-refractivity contribution in [3.05, 3.63) is 16.3 Å². The van der Waals surface area contributed by atoms with Gasteiger partial charge in [-0.1, -0.05) is 0 Å². The Balaban J connectivity index is 2.92. The fourth-order valence-corrected chi connectivity index (χ4v) is 1.45. The van der Waals surface area contributed by atoms with Gasteiger partial charge in [-0.05, 0) is 11.4 Å². The van der Waals surface area contributed by atoms with Gasteiger partial charge in [0.1, 0.15) is 10.6 Å². The first kappa shape index (κ1) is 8.03. The Morgan fingerprint density at radius 1 is 1.82 bits per heavy atom. The number of nitrogens with two attached hydrogens (primary N) is 1. The molecule has 0 aliphatic rings. The first-order chi connectivity index (χ1) is 5.29. The molecule has 0 saturated heterocycles. The summed E-state index contributed by atoms with van der Waals surface area (Å²) in [6.07, 6.45) is 0. The fourth-order valence-electron chi connectivity index (χ4n) is 0.689. The lowest BCUT2D eigenvalue weighted by atomic mass is 10.4. The number of nitrogen functional groups attached to an aromatic ring is 1. The highest BCUT2D eigenvalue weighted by Gasteiger charge is 2.11. The normalized spacial score (nSPS) is 9.27. The van der Waals surface area contributed by atoms with Crippen LogP contribution in [0.15, 0.2) is 11.4 Å². The summed E-state index contributed by atoms with van der Waals surface area (Å²) in [5.74, 6) is 5.17. The van der Waals surface area contributed by atoms with Crippen LogP contribution in [0, 0.1) is 0 Å². The second kappa shape index (κ2) is 3.36. The van der Waals surface area contributed by atoms with Gasteiger partial charge >= 0.3 is 0 Å². The number of ether oxygens (including phenoxy) is 1. The molecule has 3 N–H and O–H groups in total. The number of carbonyl (C=O) groups excluding carboxylic acids is 1. The molecule has 1 aromatic heterocycles. The summed E-state index contributed by atoms with van der Waals surface area (Å²) in [5, 5.41) is 1.77. The van der Waals surface area contributed by atoms with Gasteiger partial charge in [-0.2, -0.15) is 0 Å². The number of methoxy groups -OCH3 is 1. The molecule has 0 unspecified atom stereocenters. The van der Waals surface area contributed by atoms with Crippen LogP contribution in [0.2, 0.25) is 0 Å². The van der Waals surface area contributed by atoms with Gasteiger partial charge in [0.25, 0.3) is 5.91 Å². The lowest BCUT2D eigenvalue weighted by Crippen LogP contribution is -2.29. The number of carbonyl (C=O) groups is 1. The Morgan fingerprint density at radius 2 is 2.55 bits per heavy atom. The van der Waals surface area contributed by atoms with E-state index in [0.717, 1.165) is 0 Å². The summed E-state index contributed by atoms with van der Waals surface area (Å²) in [7, 11) is 1.51. The first-order valence-electron chi connectivity index (χ1n) is 2.92. The highest BCUT2D eigenvalue weighted by Crippen LogP contribution is 2.23. The Kier molecular flexibility index (Phi) is 2.45. The maximum Gasteiger partial charge on any atom is 0.279 e. The summed E-state index contributed by atoms with van der Waals surface area (Å²) in [5.41, 5.74) is 2.03. The third-order valence-electron chi connectivity index (χ3n) is 1.19. The quantitative estimate of drug-likeness (QED) is 0.384. The SMILES string of the molecule is COc1ccsc1C(=O)NN. The zero-order chi connectivity index (χ0) is 8.27. The molecule has 1 amide bonds. The van der Waals surface area contributed by atoms with Crippen molar-refractivity contribution in [2.75, 3.05) is 7.11 Å². The van der Waals surface area contributed by atoms with Crippen molar-refractivity contribution in [3.8, 4) is 5.75 Å². The molecule has 0 fully saturated rings. The van der Waals surface area contributed by atoms with E-state index in [-0.39, 0.29) is 5.91 Å². The molecule has 1 rings (SSSR count). The topological polar surface area (TPSA) is 64.3 Å². The highest BCUT2D eigenvalue weighted by atomic mass is 32.1. The maximum atomic E-state index is 10.9. The number of thiophene rings is 1. The molecule has 1 heterocycles. The molecule has 0 bridgehead atoms. The summed E-state index contributed by atoms with van der Waals surface area (Å²) >= 11 is 1.29. The van der Waals surface area contributed by atoms with Gasteiger partial charge in [-0.3, -0.25) is 10.2 Å². The van der Waals surface area contributed by atoms with E-state index < -0.39 is 0 Å². The van der Waals surface area contributed by atoms with E-state index in [9.17, 15) is 4.79 Å². The van der Waals surface area contributed by atoms with Crippen LogP contribution in [-0.4, -0.2) is 13.0 Å². The lowest BCUT2D eigenvalue weighted by molar-refractivity contribution is 0.0955. The molecule has 0 saturated carbocycles. The molecule has 0 aromatic carbocycles.